The fourth-order valence-electron chi connectivity index (χ4n) is 3.48. The van der Waals surface area contributed by atoms with Crippen LogP contribution in [-0.4, -0.2) is 58.6 Å². The standard InChI is InChI=1S/C26H35N3O5S/c1-17-10-7-8-13-20(17)27-23(31)22(18-11-9-12-19(30)16-18)29(5)24(32)21(14-15-35-6)28-25(33)34-26(2,3)4/h7-13,16,21-22,30H,14-15H2,1-6H3,(H,27,31)(H,28,33). The van der Waals surface area contributed by atoms with E-state index < -0.39 is 35.6 Å². The number of ether oxygens (including phenoxy) is 1. The summed E-state index contributed by atoms with van der Waals surface area (Å²) in [5.74, 6) is -0.297. The van der Waals surface area contributed by atoms with Crippen molar-refractivity contribution in [1.29, 1.82) is 0 Å². The molecule has 0 fully saturated rings. The van der Waals surface area contributed by atoms with Crippen LogP contribution in [0.5, 0.6) is 5.75 Å². The molecule has 0 aromatic heterocycles. The molecule has 0 saturated carbocycles. The molecule has 2 atom stereocenters. The van der Waals surface area contributed by atoms with Crippen molar-refractivity contribution in [3.63, 3.8) is 0 Å². The Morgan fingerprint density at radius 2 is 1.80 bits per heavy atom. The fourth-order valence-corrected chi connectivity index (χ4v) is 3.95. The molecule has 0 heterocycles. The number of benzene rings is 2. The van der Waals surface area contributed by atoms with Gasteiger partial charge >= 0.3 is 6.09 Å². The molecule has 0 aliphatic heterocycles. The number of nitrogens with one attached hydrogen (secondary N) is 2. The minimum absolute atomic E-state index is 0.0251. The highest BCUT2D eigenvalue weighted by Gasteiger charge is 2.34. The van der Waals surface area contributed by atoms with Gasteiger partial charge in [-0.05, 0) is 75.5 Å². The Morgan fingerprint density at radius 1 is 1.11 bits per heavy atom. The molecule has 2 rings (SSSR count). The molecule has 2 aromatic carbocycles. The van der Waals surface area contributed by atoms with Gasteiger partial charge < -0.3 is 25.4 Å². The second-order valence-corrected chi connectivity index (χ2v) is 10.2. The van der Waals surface area contributed by atoms with Gasteiger partial charge in [0.15, 0.2) is 0 Å². The van der Waals surface area contributed by atoms with E-state index in [9.17, 15) is 19.5 Å². The SMILES string of the molecule is CSCCC(NC(=O)OC(C)(C)C)C(=O)N(C)C(C(=O)Nc1ccccc1C)c1cccc(O)c1. The van der Waals surface area contributed by atoms with Gasteiger partial charge in [0.2, 0.25) is 5.91 Å². The van der Waals surface area contributed by atoms with Crippen LogP contribution < -0.4 is 10.6 Å². The van der Waals surface area contributed by atoms with Crippen LogP contribution in [0.1, 0.15) is 44.4 Å². The zero-order chi connectivity index (χ0) is 26.2. The van der Waals surface area contributed by atoms with Crippen molar-refractivity contribution in [3.8, 4) is 5.75 Å². The summed E-state index contributed by atoms with van der Waals surface area (Å²) >= 11 is 1.54. The maximum Gasteiger partial charge on any atom is 0.408 e. The Hall–Kier alpha value is -3.20. The Morgan fingerprint density at radius 3 is 2.40 bits per heavy atom. The normalized spacial score (nSPS) is 12.9. The number of phenolic OH excluding ortho intramolecular Hbond substituents is 1. The van der Waals surface area contributed by atoms with Crippen molar-refractivity contribution in [2.45, 2.75) is 51.8 Å². The van der Waals surface area contributed by atoms with Gasteiger partial charge in [0.25, 0.3) is 5.91 Å². The number of anilines is 1. The molecule has 3 N–H and O–H groups in total. The molecular weight excluding hydrogens is 466 g/mol. The molecular formula is C26H35N3O5S. The Labute approximate surface area is 211 Å². The molecule has 190 valence electrons. The summed E-state index contributed by atoms with van der Waals surface area (Å²) in [5, 5.41) is 15.6. The number of rotatable bonds is 9. The highest BCUT2D eigenvalue weighted by Crippen LogP contribution is 2.26. The molecule has 0 spiro atoms. The van der Waals surface area contributed by atoms with E-state index in [1.165, 1.54) is 24.1 Å². The number of hydrogen-bond donors (Lipinski definition) is 3. The second-order valence-electron chi connectivity index (χ2n) is 9.23. The summed E-state index contributed by atoms with van der Waals surface area (Å²) in [5.41, 5.74) is 1.21. The third-order valence-corrected chi connectivity index (χ3v) is 5.82. The predicted octanol–water partition coefficient (Wildman–Crippen LogP) is 4.49. The number of hydrogen-bond acceptors (Lipinski definition) is 6. The van der Waals surface area contributed by atoms with Crippen LogP contribution in [0.25, 0.3) is 0 Å². The van der Waals surface area contributed by atoms with E-state index in [2.05, 4.69) is 10.6 Å². The second kappa shape index (κ2) is 12.5. The van der Waals surface area contributed by atoms with Crippen molar-refractivity contribution < 1.29 is 24.2 Å². The molecule has 9 heteroatoms. The van der Waals surface area contributed by atoms with E-state index >= 15 is 0 Å². The van der Waals surface area contributed by atoms with Crippen LogP contribution in [0.15, 0.2) is 48.5 Å². The number of carbonyl (C=O) groups excluding carboxylic acids is 3. The number of phenols is 1. The van der Waals surface area contributed by atoms with Crippen LogP contribution in [0.4, 0.5) is 10.5 Å². The van der Waals surface area contributed by atoms with E-state index in [-0.39, 0.29) is 5.75 Å². The van der Waals surface area contributed by atoms with Crippen LogP contribution in [0.3, 0.4) is 0 Å². The smallest absolute Gasteiger partial charge is 0.408 e. The first-order valence-corrected chi connectivity index (χ1v) is 12.7. The average molecular weight is 502 g/mol. The average Bonchev–Trinajstić information content (AvgIpc) is 2.76. The zero-order valence-electron chi connectivity index (χ0n) is 21.1. The third-order valence-electron chi connectivity index (χ3n) is 5.17. The summed E-state index contributed by atoms with van der Waals surface area (Å²) in [6.07, 6.45) is 1.56. The van der Waals surface area contributed by atoms with Crippen molar-refractivity contribution in [2.24, 2.45) is 0 Å². The third kappa shape index (κ3) is 8.51. The van der Waals surface area contributed by atoms with Crippen LogP contribution >= 0.6 is 11.8 Å². The summed E-state index contributed by atoms with van der Waals surface area (Å²) in [7, 11) is 1.51. The van der Waals surface area contributed by atoms with E-state index in [4.69, 9.17) is 4.74 Å². The van der Waals surface area contributed by atoms with Crippen LogP contribution in [0.2, 0.25) is 0 Å². The highest BCUT2D eigenvalue weighted by molar-refractivity contribution is 7.98. The lowest BCUT2D eigenvalue weighted by Crippen LogP contribution is -2.51. The maximum atomic E-state index is 13.6. The Bertz CT molecular complexity index is 1040. The van der Waals surface area contributed by atoms with E-state index in [0.717, 1.165) is 5.56 Å². The molecule has 2 aromatic rings. The van der Waals surface area contributed by atoms with Gasteiger partial charge in [0, 0.05) is 12.7 Å². The summed E-state index contributed by atoms with van der Waals surface area (Å²) < 4.78 is 5.34. The number of thioether (sulfide) groups is 1. The molecule has 35 heavy (non-hydrogen) atoms. The number of likely N-dealkylation sites (N-methyl/N-ethyl adjacent to an activating group) is 1. The molecule has 2 unspecified atom stereocenters. The number of nitrogens with zero attached hydrogens (tertiary/aromatic N) is 1. The van der Waals surface area contributed by atoms with E-state index in [1.54, 1.807) is 50.7 Å². The van der Waals surface area contributed by atoms with Gasteiger partial charge in [0.1, 0.15) is 23.4 Å². The number of carbonyl (C=O) groups is 3. The number of para-hydroxylation sites is 1. The molecule has 0 saturated heterocycles. The Kier molecular flexibility index (Phi) is 10.0. The lowest BCUT2D eigenvalue weighted by Gasteiger charge is -2.31. The zero-order valence-corrected chi connectivity index (χ0v) is 21.9. The predicted molar refractivity (Wildman–Crippen MR) is 140 cm³/mol. The summed E-state index contributed by atoms with van der Waals surface area (Å²) in [6, 6.07) is 11.6. The molecule has 0 aliphatic carbocycles. The van der Waals surface area contributed by atoms with Crippen molar-refractivity contribution in [1.82, 2.24) is 10.2 Å². The largest absolute Gasteiger partial charge is 0.508 e. The minimum Gasteiger partial charge on any atom is -0.508 e. The quantitative estimate of drug-likeness (QED) is 0.467. The first-order valence-electron chi connectivity index (χ1n) is 11.3. The number of alkyl carbamates (subject to hydrolysis) is 1. The topological polar surface area (TPSA) is 108 Å². The molecule has 3 amide bonds. The molecule has 0 radical (unpaired) electrons. The number of aromatic hydroxyl groups is 1. The lowest BCUT2D eigenvalue weighted by molar-refractivity contribution is -0.139. The lowest BCUT2D eigenvalue weighted by atomic mass is 10.0. The fraction of sp³-hybridized carbons (Fsp3) is 0.423. The van der Waals surface area contributed by atoms with E-state index in [0.29, 0.717) is 23.4 Å². The Balaban J connectivity index is 2.37. The summed E-state index contributed by atoms with van der Waals surface area (Å²) in [6.45, 7) is 7.10. The van der Waals surface area contributed by atoms with Gasteiger partial charge in [-0.3, -0.25) is 9.59 Å². The maximum absolute atomic E-state index is 13.6. The van der Waals surface area contributed by atoms with Gasteiger partial charge in [0.05, 0.1) is 0 Å². The molecule has 8 nitrogen and oxygen atoms in total. The van der Waals surface area contributed by atoms with Crippen molar-refractivity contribution in [2.75, 3.05) is 24.4 Å². The first kappa shape index (κ1) is 28.0. The van der Waals surface area contributed by atoms with Crippen LogP contribution in [0, 0.1) is 6.92 Å². The number of amides is 3. The number of aryl methyl sites for hydroxylation is 1. The van der Waals surface area contributed by atoms with Crippen LogP contribution in [-0.2, 0) is 14.3 Å². The monoisotopic (exact) mass is 501 g/mol. The highest BCUT2D eigenvalue weighted by atomic mass is 32.2. The van der Waals surface area contributed by atoms with Gasteiger partial charge in [-0.25, -0.2) is 4.79 Å². The first-order chi connectivity index (χ1) is 16.4. The van der Waals surface area contributed by atoms with Crippen molar-refractivity contribution >= 4 is 35.4 Å². The van der Waals surface area contributed by atoms with E-state index in [1.807, 2.05) is 31.4 Å². The summed E-state index contributed by atoms with van der Waals surface area (Å²) in [4.78, 5) is 40.8. The van der Waals surface area contributed by atoms with Crippen molar-refractivity contribution in [3.05, 3.63) is 59.7 Å². The molecule has 0 bridgehead atoms. The van der Waals surface area contributed by atoms with Gasteiger partial charge in [-0.15, -0.1) is 0 Å². The minimum atomic E-state index is -1.05. The van der Waals surface area contributed by atoms with Gasteiger partial charge in [-0.2, -0.15) is 11.8 Å². The molecule has 0 aliphatic rings. The van der Waals surface area contributed by atoms with Gasteiger partial charge in [-0.1, -0.05) is 30.3 Å².